The topological polar surface area (TPSA) is 38.0 Å². The standard InChI is InChI=1S/C10H16N2O/c1-3-12-9(6-7(2)11-12)10(13)8-4-5-8/h6,8,10,13H,3-5H2,1-2H3. The first-order chi connectivity index (χ1) is 6.22. The van der Waals surface area contributed by atoms with Gasteiger partial charge in [-0.05, 0) is 38.7 Å². The smallest absolute Gasteiger partial charge is 0.0984 e. The number of hydrogen-bond donors (Lipinski definition) is 1. The fourth-order valence-corrected chi connectivity index (χ4v) is 1.71. The summed E-state index contributed by atoms with van der Waals surface area (Å²) in [5.74, 6) is 0.487. The molecule has 72 valence electrons. The lowest BCUT2D eigenvalue weighted by molar-refractivity contribution is 0.143. The number of nitrogens with zero attached hydrogens (tertiary/aromatic N) is 2. The maximum absolute atomic E-state index is 9.92. The molecule has 2 rings (SSSR count). The van der Waals surface area contributed by atoms with Gasteiger partial charge >= 0.3 is 0 Å². The van der Waals surface area contributed by atoms with Crippen LogP contribution in [0.3, 0.4) is 0 Å². The van der Waals surface area contributed by atoms with E-state index < -0.39 is 0 Å². The fourth-order valence-electron chi connectivity index (χ4n) is 1.71. The van der Waals surface area contributed by atoms with Crippen molar-refractivity contribution in [3.05, 3.63) is 17.5 Å². The molecule has 1 aliphatic rings. The number of aliphatic hydroxyl groups excluding tert-OH is 1. The molecule has 13 heavy (non-hydrogen) atoms. The quantitative estimate of drug-likeness (QED) is 0.768. The Morgan fingerprint density at radius 1 is 1.69 bits per heavy atom. The molecule has 0 bridgehead atoms. The van der Waals surface area contributed by atoms with Crippen molar-refractivity contribution >= 4 is 0 Å². The van der Waals surface area contributed by atoms with Crippen molar-refractivity contribution in [2.45, 2.75) is 39.3 Å². The van der Waals surface area contributed by atoms with Gasteiger partial charge in [-0.3, -0.25) is 4.68 Å². The predicted octanol–water partition coefficient (Wildman–Crippen LogP) is 1.65. The molecular formula is C10H16N2O. The minimum Gasteiger partial charge on any atom is -0.387 e. The summed E-state index contributed by atoms with van der Waals surface area (Å²) >= 11 is 0. The molecule has 0 aromatic carbocycles. The van der Waals surface area contributed by atoms with Crippen molar-refractivity contribution in [3.63, 3.8) is 0 Å². The van der Waals surface area contributed by atoms with E-state index in [1.54, 1.807) is 0 Å². The second-order valence-corrected chi connectivity index (χ2v) is 3.81. The molecule has 0 saturated heterocycles. The van der Waals surface area contributed by atoms with E-state index in [1.165, 1.54) is 0 Å². The van der Waals surface area contributed by atoms with Gasteiger partial charge in [0, 0.05) is 6.54 Å². The van der Waals surface area contributed by atoms with Crippen LogP contribution in [0.15, 0.2) is 6.07 Å². The molecular weight excluding hydrogens is 164 g/mol. The average molecular weight is 180 g/mol. The third-order valence-corrected chi connectivity index (χ3v) is 2.60. The Bertz CT molecular complexity index is 302. The Kier molecular flexibility index (Phi) is 2.12. The van der Waals surface area contributed by atoms with Crippen LogP contribution in [0.2, 0.25) is 0 Å². The molecule has 1 unspecified atom stereocenters. The largest absolute Gasteiger partial charge is 0.387 e. The van der Waals surface area contributed by atoms with E-state index in [4.69, 9.17) is 0 Å². The van der Waals surface area contributed by atoms with Gasteiger partial charge in [0.1, 0.15) is 0 Å². The summed E-state index contributed by atoms with van der Waals surface area (Å²) in [6, 6.07) is 1.99. The van der Waals surface area contributed by atoms with Crippen molar-refractivity contribution in [1.29, 1.82) is 0 Å². The van der Waals surface area contributed by atoms with Crippen LogP contribution in [-0.2, 0) is 6.54 Å². The molecule has 1 N–H and O–H groups in total. The predicted molar refractivity (Wildman–Crippen MR) is 50.3 cm³/mol. The molecule has 3 heteroatoms. The maximum Gasteiger partial charge on any atom is 0.0984 e. The van der Waals surface area contributed by atoms with Crippen LogP contribution >= 0.6 is 0 Å². The van der Waals surface area contributed by atoms with E-state index in [9.17, 15) is 5.11 Å². The van der Waals surface area contributed by atoms with Gasteiger partial charge in [0.05, 0.1) is 17.5 Å². The summed E-state index contributed by atoms with van der Waals surface area (Å²) in [5, 5.41) is 14.2. The Labute approximate surface area is 78.4 Å². The lowest BCUT2D eigenvalue weighted by Crippen LogP contribution is -2.09. The van der Waals surface area contributed by atoms with Gasteiger partial charge in [-0.25, -0.2) is 0 Å². The second-order valence-electron chi connectivity index (χ2n) is 3.81. The molecule has 1 fully saturated rings. The van der Waals surface area contributed by atoms with Crippen molar-refractivity contribution in [1.82, 2.24) is 9.78 Å². The number of rotatable bonds is 3. The highest BCUT2D eigenvalue weighted by Crippen LogP contribution is 2.40. The number of hydrogen-bond acceptors (Lipinski definition) is 2. The van der Waals surface area contributed by atoms with Crippen LogP contribution in [0, 0.1) is 12.8 Å². The van der Waals surface area contributed by atoms with Crippen LogP contribution in [0.4, 0.5) is 0 Å². The lowest BCUT2D eigenvalue weighted by Gasteiger charge is -2.10. The third kappa shape index (κ3) is 1.61. The van der Waals surface area contributed by atoms with Crippen LogP contribution in [0.5, 0.6) is 0 Å². The summed E-state index contributed by atoms with van der Waals surface area (Å²) in [6.07, 6.45) is 2.03. The van der Waals surface area contributed by atoms with Crippen molar-refractivity contribution in [2.75, 3.05) is 0 Å². The minimum absolute atomic E-state index is 0.291. The Balaban J connectivity index is 2.25. The van der Waals surface area contributed by atoms with Gasteiger partial charge in [-0.1, -0.05) is 0 Å². The SMILES string of the molecule is CCn1nc(C)cc1C(O)C1CC1. The summed E-state index contributed by atoms with van der Waals surface area (Å²) in [4.78, 5) is 0. The molecule has 0 spiro atoms. The van der Waals surface area contributed by atoms with Gasteiger partial charge in [0.2, 0.25) is 0 Å². The monoisotopic (exact) mass is 180 g/mol. The minimum atomic E-state index is -0.291. The van der Waals surface area contributed by atoms with Gasteiger partial charge in [0.15, 0.2) is 0 Å². The molecule has 0 radical (unpaired) electrons. The van der Waals surface area contributed by atoms with Gasteiger partial charge in [-0.15, -0.1) is 0 Å². The Morgan fingerprint density at radius 2 is 2.38 bits per heavy atom. The Hall–Kier alpha value is -0.830. The molecule has 1 aliphatic carbocycles. The molecule has 1 aromatic heterocycles. The highest BCUT2D eigenvalue weighted by atomic mass is 16.3. The number of aliphatic hydroxyl groups is 1. The maximum atomic E-state index is 9.92. The zero-order valence-corrected chi connectivity index (χ0v) is 8.20. The van der Waals surface area contributed by atoms with Gasteiger partial charge < -0.3 is 5.11 Å². The van der Waals surface area contributed by atoms with E-state index in [-0.39, 0.29) is 6.10 Å². The van der Waals surface area contributed by atoms with E-state index in [1.807, 2.05) is 17.7 Å². The summed E-state index contributed by atoms with van der Waals surface area (Å²) in [5.41, 5.74) is 1.99. The average Bonchev–Trinajstić information content (AvgIpc) is 2.88. The van der Waals surface area contributed by atoms with Crippen molar-refractivity contribution in [2.24, 2.45) is 5.92 Å². The van der Waals surface area contributed by atoms with E-state index in [0.717, 1.165) is 30.8 Å². The van der Waals surface area contributed by atoms with Crippen LogP contribution < -0.4 is 0 Å². The molecule has 1 atom stereocenters. The number of aryl methyl sites for hydroxylation is 2. The Morgan fingerprint density at radius 3 is 2.92 bits per heavy atom. The molecule has 3 nitrogen and oxygen atoms in total. The van der Waals surface area contributed by atoms with E-state index in [0.29, 0.717) is 5.92 Å². The fraction of sp³-hybridized carbons (Fsp3) is 0.700. The van der Waals surface area contributed by atoms with Crippen molar-refractivity contribution in [3.8, 4) is 0 Å². The summed E-state index contributed by atoms with van der Waals surface area (Å²) in [7, 11) is 0. The molecule has 0 amide bonds. The first kappa shape index (κ1) is 8.75. The first-order valence-electron chi connectivity index (χ1n) is 4.94. The summed E-state index contributed by atoms with van der Waals surface area (Å²) in [6.45, 7) is 4.86. The van der Waals surface area contributed by atoms with E-state index in [2.05, 4.69) is 12.0 Å². The van der Waals surface area contributed by atoms with Gasteiger partial charge in [-0.2, -0.15) is 5.10 Å². The normalized spacial score (nSPS) is 19.0. The van der Waals surface area contributed by atoms with Crippen LogP contribution in [-0.4, -0.2) is 14.9 Å². The van der Waals surface area contributed by atoms with Crippen molar-refractivity contribution < 1.29 is 5.11 Å². The highest BCUT2D eigenvalue weighted by molar-refractivity contribution is 5.14. The highest BCUT2D eigenvalue weighted by Gasteiger charge is 2.32. The zero-order chi connectivity index (χ0) is 9.42. The van der Waals surface area contributed by atoms with Crippen LogP contribution in [0.25, 0.3) is 0 Å². The second kappa shape index (κ2) is 3.14. The molecule has 0 aliphatic heterocycles. The van der Waals surface area contributed by atoms with Gasteiger partial charge in [0.25, 0.3) is 0 Å². The third-order valence-electron chi connectivity index (χ3n) is 2.60. The first-order valence-corrected chi connectivity index (χ1v) is 4.94. The molecule has 1 aromatic rings. The molecule has 1 saturated carbocycles. The summed E-state index contributed by atoms with van der Waals surface area (Å²) < 4.78 is 1.90. The molecule has 1 heterocycles. The lowest BCUT2D eigenvalue weighted by atomic mass is 10.1. The van der Waals surface area contributed by atoms with E-state index >= 15 is 0 Å². The van der Waals surface area contributed by atoms with Crippen LogP contribution in [0.1, 0.15) is 37.3 Å². The zero-order valence-electron chi connectivity index (χ0n) is 8.20. The number of aromatic nitrogens is 2.